The van der Waals surface area contributed by atoms with Crippen molar-refractivity contribution in [1.29, 1.82) is 0 Å². The van der Waals surface area contributed by atoms with Crippen molar-refractivity contribution in [2.24, 2.45) is 0 Å². The van der Waals surface area contributed by atoms with Crippen LogP contribution in [0, 0.1) is 3.57 Å². The van der Waals surface area contributed by atoms with Gasteiger partial charge in [0.25, 0.3) is 11.8 Å². The Morgan fingerprint density at radius 3 is 2.70 bits per heavy atom. The molecule has 6 nitrogen and oxygen atoms in total. The number of anilines is 1. The van der Waals surface area contributed by atoms with Gasteiger partial charge in [-0.2, -0.15) is 0 Å². The molecule has 156 valence electrons. The minimum absolute atomic E-state index is 0.225. The zero-order chi connectivity index (χ0) is 21.3. The molecule has 2 aliphatic rings. The number of hydrogen-bond donors (Lipinski definition) is 3. The fourth-order valence-electron chi connectivity index (χ4n) is 4.13. The van der Waals surface area contributed by atoms with Gasteiger partial charge in [-0.1, -0.05) is 12.1 Å². The fourth-order valence-corrected chi connectivity index (χ4v) is 4.62. The van der Waals surface area contributed by atoms with Gasteiger partial charge in [-0.05, 0) is 84.8 Å². The van der Waals surface area contributed by atoms with Crippen molar-refractivity contribution >= 4 is 45.7 Å². The highest BCUT2D eigenvalue weighted by atomic mass is 127. The molecule has 2 aromatic rings. The number of benzene rings is 2. The van der Waals surface area contributed by atoms with E-state index in [2.05, 4.69) is 50.3 Å². The van der Waals surface area contributed by atoms with Crippen molar-refractivity contribution in [2.45, 2.75) is 38.5 Å². The van der Waals surface area contributed by atoms with Crippen molar-refractivity contribution in [2.75, 3.05) is 11.9 Å². The number of carbonyl (C=O) groups excluding carboxylic acids is 2. The molecule has 2 aromatic carbocycles. The topological polar surface area (TPSA) is 81.7 Å². The third-order valence-corrected chi connectivity index (χ3v) is 6.35. The van der Waals surface area contributed by atoms with E-state index in [4.69, 9.17) is 0 Å². The summed E-state index contributed by atoms with van der Waals surface area (Å²) in [4.78, 5) is 26.8. The molecule has 0 saturated carbocycles. The van der Waals surface area contributed by atoms with Crippen LogP contribution >= 0.6 is 22.6 Å². The van der Waals surface area contributed by atoms with Crippen molar-refractivity contribution in [1.82, 2.24) is 10.2 Å². The van der Waals surface area contributed by atoms with Crippen LogP contribution in [0.15, 0.2) is 48.7 Å². The molecule has 1 unspecified atom stereocenters. The molecule has 4 rings (SSSR count). The summed E-state index contributed by atoms with van der Waals surface area (Å²) in [6, 6.07) is 13.7. The Bertz CT molecular complexity index is 1000. The number of aliphatic hydroxyl groups is 1. The number of amides is 2. The first-order valence-corrected chi connectivity index (χ1v) is 11.1. The van der Waals surface area contributed by atoms with Crippen molar-refractivity contribution in [3.63, 3.8) is 0 Å². The van der Waals surface area contributed by atoms with Crippen molar-refractivity contribution < 1.29 is 14.7 Å². The molecule has 2 atom stereocenters. The van der Waals surface area contributed by atoms with Crippen LogP contribution < -0.4 is 10.6 Å². The third kappa shape index (κ3) is 4.43. The highest BCUT2D eigenvalue weighted by Crippen LogP contribution is 2.27. The summed E-state index contributed by atoms with van der Waals surface area (Å²) < 4.78 is 0.960. The predicted molar refractivity (Wildman–Crippen MR) is 125 cm³/mol. The number of fused-ring (bicyclic) bond motifs is 1. The van der Waals surface area contributed by atoms with E-state index in [1.165, 1.54) is 5.56 Å². The Morgan fingerprint density at radius 1 is 1.20 bits per heavy atom. The lowest BCUT2D eigenvalue weighted by atomic mass is 9.95. The quantitative estimate of drug-likeness (QED) is 0.322. The summed E-state index contributed by atoms with van der Waals surface area (Å²) >= 11 is 2.17. The van der Waals surface area contributed by atoms with Crippen LogP contribution in [0.4, 0.5) is 5.69 Å². The maximum Gasteiger partial charge on any atom is 0.260 e. The number of nitrogens with zero attached hydrogens (tertiary/aromatic N) is 1. The largest absolute Gasteiger partial charge is 0.392 e. The molecule has 0 bridgehead atoms. The molecule has 2 heterocycles. The highest BCUT2D eigenvalue weighted by molar-refractivity contribution is 14.1. The first-order valence-electron chi connectivity index (χ1n) is 10.1. The predicted octanol–water partition coefficient (Wildman–Crippen LogP) is 3.36. The van der Waals surface area contributed by atoms with Crippen LogP contribution in [-0.4, -0.2) is 40.5 Å². The number of carbonyl (C=O) groups is 2. The van der Waals surface area contributed by atoms with Gasteiger partial charge in [-0.25, -0.2) is 0 Å². The average molecular weight is 517 g/mol. The smallest absolute Gasteiger partial charge is 0.260 e. The maximum atomic E-state index is 12.4. The van der Waals surface area contributed by atoms with E-state index >= 15 is 0 Å². The minimum atomic E-state index is -0.406. The van der Waals surface area contributed by atoms with Gasteiger partial charge in [0.15, 0.2) is 0 Å². The second kappa shape index (κ2) is 8.87. The molecule has 0 spiro atoms. The van der Waals surface area contributed by atoms with E-state index in [9.17, 15) is 14.7 Å². The normalized spacial score (nSPS) is 21.4. The van der Waals surface area contributed by atoms with Crippen LogP contribution in [-0.2, 0) is 11.3 Å². The first kappa shape index (κ1) is 21.0. The molecule has 7 heteroatoms. The maximum absolute atomic E-state index is 12.4. The number of hydrogen-bond acceptors (Lipinski definition) is 5. The molecule has 3 N–H and O–H groups in total. The first-order chi connectivity index (χ1) is 14.4. The average Bonchev–Trinajstić information content (AvgIpc) is 3.17. The number of imide groups is 1. The van der Waals surface area contributed by atoms with Gasteiger partial charge in [0.1, 0.15) is 0 Å². The highest BCUT2D eigenvalue weighted by Gasteiger charge is 2.28. The second-order valence-electron chi connectivity index (χ2n) is 7.79. The van der Waals surface area contributed by atoms with Gasteiger partial charge in [-0.3, -0.25) is 19.8 Å². The molecule has 0 aliphatic carbocycles. The lowest BCUT2D eigenvalue weighted by Crippen LogP contribution is -2.36. The summed E-state index contributed by atoms with van der Waals surface area (Å²) in [5, 5.41) is 15.5. The Labute approximate surface area is 189 Å². The van der Waals surface area contributed by atoms with Crippen molar-refractivity contribution in [3.05, 3.63) is 68.9 Å². The number of aliphatic hydroxyl groups excluding tert-OH is 1. The summed E-state index contributed by atoms with van der Waals surface area (Å²) in [7, 11) is 0. The summed E-state index contributed by atoms with van der Waals surface area (Å²) in [5.41, 5.74) is 3.61. The standard InChI is InChI=1S/C23H24IN3O3/c1-14(28)21-3-2-10-27(21)13-15-4-7-17(8-5-15)25-12-20-19-11-16(24)6-9-18(19)22(29)26-23(20)30/h4-9,11-12,14,21,25,28H,2-3,10,13H2,1H3,(H,26,29,30)/b20-12-/t14-,21?/m0/s1. The van der Waals surface area contributed by atoms with Crippen LogP contribution in [0.1, 0.15) is 41.3 Å². The number of rotatable bonds is 5. The molecule has 2 aliphatic heterocycles. The van der Waals surface area contributed by atoms with Crippen LogP contribution in [0.5, 0.6) is 0 Å². The summed E-state index contributed by atoms with van der Waals surface area (Å²) in [6.45, 7) is 3.68. The lowest BCUT2D eigenvalue weighted by molar-refractivity contribution is -0.114. The number of likely N-dealkylation sites (tertiary alicyclic amines) is 1. The van der Waals surface area contributed by atoms with E-state index < -0.39 is 5.91 Å². The molecule has 0 radical (unpaired) electrons. The second-order valence-corrected chi connectivity index (χ2v) is 9.04. The fraction of sp³-hybridized carbons (Fsp3) is 0.304. The summed E-state index contributed by atoms with van der Waals surface area (Å²) in [5.74, 6) is -0.776. The Kier molecular flexibility index (Phi) is 6.21. The molecular weight excluding hydrogens is 493 g/mol. The minimum Gasteiger partial charge on any atom is -0.392 e. The van der Waals surface area contributed by atoms with Gasteiger partial charge in [-0.15, -0.1) is 0 Å². The molecule has 1 saturated heterocycles. The van der Waals surface area contributed by atoms with Crippen LogP contribution in [0.3, 0.4) is 0 Å². The Morgan fingerprint density at radius 2 is 1.97 bits per heavy atom. The van der Waals surface area contributed by atoms with E-state index in [0.29, 0.717) is 16.7 Å². The SMILES string of the molecule is C[C@H](O)C1CCCN1Cc1ccc(N/C=C2\C(=O)NC(=O)c3ccc(I)cc32)cc1. The Balaban J connectivity index is 1.48. The number of halogens is 1. The van der Waals surface area contributed by atoms with Gasteiger partial charge in [0.05, 0.1) is 11.7 Å². The molecule has 0 aromatic heterocycles. The van der Waals surface area contributed by atoms with Crippen LogP contribution in [0.25, 0.3) is 5.57 Å². The van der Waals surface area contributed by atoms with E-state index in [0.717, 1.165) is 35.2 Å². The zero-order valence-corrected chi connectivity index (χ0v) is 18.8. The zero-order valence-electron chi connectivity index (χ0n) is 16.7. The van der Waals surface area contributed by atoms with E-state index in [1.807, 2.05) is 31.2 Å². The van der Waals surface area contributed by atoms with E-state index in [1.54, 1.807) is 12.3 Å². The molecule has 30 heavy (non-hydrogen) atoms. The number of nitrogens with one attached hydrogen (secondary N) is 2. The third-order valence-electron chi connectivity index (χ3n) is 5.68. The Hall–Kier alpha value is -2.23. The summed E-state index contributed by atoms with van der Waals surface area (Å²) in [6.07, 6.45) is 3.48. The lowest BCUT2D eigenvalue weighted by Gasteiger charge is -2.26. The molecular formula is C23H24IN3O3. The van der Waals surface area contributed by atoms with Crippen LogP contribution in [0.2, 0.25) is 0 Å². The molecule has 1 fully saturated rings. The van der Waals surface area contributed by atoms with Gasteiger partial charge >= 0.3 is 0 Å². The molecule has 2 amide bonds. The van der Waals surface area contributed by atoms with Gasteiger partial charge < -0.3 is 10.4 Å². The van der Waals surface area contributed by atoms with Gasteiger partial charge in [0, 0.05) is 39.2 Å². The monoisotopic (exact) mass is 517 g/mol. The van der Waals surface area contributed by atoms with Crippen molar-refractivity contribution in [3.8, 4) is 0 Å². The van der Waals surface area contributed by atoms with E-state index in [-0.39, 0.29) is 18.1 Å². The van der Waals surface area contributed by atoms with Gasteiger partial charge in [0.2, 0.25) is 0 Å².